The van der Waals surface area contributed by atoms with Gasteiger partial charge in [0.25, 0.3) is 0 Å². The molecule has 0 aliphatic carbocycles. The maximum atomic E-state index is 12.2. The summed E-state index contributed by atoms with van der Waals surface area (Å²) in [5.74, 6) is 0. The number of primary sulfonamides is 1. The maximum absolute atomic E-state index is 12.2. The van der Waals surface area contributed by atoms with Gasteiger partial charge in [-0.1, -0.05) is 6.92 Å². The number of sulfonamides is 1. The highest BCUT2D eigenvalue weighted by atomic mass is 35.5. The van der Waals surface area contributed by atoms with Crippen LogP contribution in [0.5, 0.6) is 0 Å². The van der Waals surface area contributed by atoms with Crippen molar-refractivity contribution in [1.29, 1.82) is 0 Å². The molecule has 2 heterocycles. The van der Waals surface area contributed by atoms with Crippen molar-refractivity contribution >= 4 is 43.6 Å². The van der Waals surface area contributed by atoms with Crippen LogP contribution in [0.4, 0.5) is 0 Å². The molecule has 2 rings (SSSR count). The van der Waals surface area contributed by atoms with Crippen molar-refractivity contribution in [1.82, 2.24) is 5.32 Å². The standard InChI is InChI=1S/C10H16N2O4S3.ClH/c1-3-12-8-4-6(2)18(13,14)10-7(8)5-9(17-10)19(11,15)16;/h5-6,8,12H,3-4H2,1-2H3,(H2,11,15,16);1H/t6-,8?;/m1./s1. The fourth-order valence-electron chi connectivity index (χ4n) is 2.18. The largest absolute Gasteiger partial charge is 0.310 e. The Labute approximate surface area is 129 Å². The predicted octanol–water partition coefficient (Wildman–Crippen LogP) is 1.03. The van der Waals surface area contributed by atoms with Crippen molar-refractivity contribution < 1.29 is 16.8 Å². The van der Waals surface area contributed by atoms with Gasteiger partial charge < -0.3 is 5.32 Å². The fraction of sp³-hybridized carbons (Fsp3) is 0.600. The topological polar surface area (TPSA) is 106 Å². The number of rotatable bonds is 3. The first-order chi connectivity index (χ1) is 8.67. The van der Waals surface area contributed by atoms with E-state index < -0.39 is 25.1 Å². The minimum atomic E-state index is -3.88. The maximum Gasteiger partial charge on any atom is 0.247 e. The Bertz CT molecular complexity index is 696. The van der Waals surface area contributed by atoms with Gasteiger partial charge in [0.1, 0.15) is 8.42 Å². The predicted molar refractivity (Wildman–Crippen MR) is 80.6 cm³/mol. The molecular formula is C10H17ClN2O4S3. The minimum absolute atomic E-state index is 0. The van der Waals surface area contributed by atoms with Gasteiger partial charge in [-0.05, 0) is 26.0 Å². The molecule has 1 unspecified atom stereocenters. The molecule has 0 saturated heterocycles. The third-order valence-corrected chi connectivity index (χ3v) is 8.48. The van der Waals surface area contributed by atoms with E-state index in [0.717, 1.165) is 11.3 Å². The van der Waals surface area contributed by atoms with Crippen LogP contribution in [-0.2, 0) is 19.9 Å². The van der Waals surface area contributed by atoms with Crippen LogP contribution in [0.25, 0.3) is 0 Å². The Morgan fingerprint density at radius 1 is 1.50 bits per heavy atom. The van der Waals surface area contributed by atoms with Gasteiger partial charge in [0.05, 0.1) is 5.25 Å². The van der Waals surface area contributed by atoms with E-state index in [9.17, 15) is 16.8 Å². The van der Waals surface area contributed by atoms with Crippen molar-refractivity contribution in [2.45, 2.75) is 40.0 Å². The Morgan fingerprint density at radius 2 is 2.10 bits per heavy atom. The number of nitrogens with two attached hydrogens (primary N) is 1. The van der Waals surface area contributed by atoms with E-state index in [1.165, 1.54) is 6.07 Å². The zero-order valence-corrected chi connectivity index (χ0v) is 14.3. The number of hydrogen-bond donors (Lipinski definition) is 2. The van der Waals surface area contributed by atoms with Gasteiger partial charge >= 0.3 is 0 Å². The number of sulfone groups is 1. The van der Waals surface area contributed by atoms with E-state index >= 15 is 0 Å². The van der Waals surface area contributed by atoms with Gasteiger partial charge in [0, 0.05) is 11.6 Å². The zero-order chi connectivity index (χ0) is 14.4. The van der Waals surface area contributed by atoms with Gasteiger partial charge in [-0.3, -0.25) is 0 Å². The van der Waals surface area contributed by atoms with E-state index in [1.807, 2.05) is 6.92 Å². The second-order valence-corrected chi connectivity index (χ2v) is 9.96. The molecule has 0 spiro atoms. The van der Waals surface area contributed by atoms with Crippen molar-refractivity contribution in [2.75, 3.05) is 6.54 Å². The number of hydrogen-bond acceptors (Lipinski definition) is 6. The Kier molecular flexibility index (Phi) is 5.27. The number of nitrogens with one attached hydrogen (secondary N) is 1. The first kappa shape index (κ1) is 17.9. The highest BCUT2D eigenvalue weighted by molar-refractivity contribution is 7.95. The molecule has 1 aromatic rings. The SMILES string of the molecule is CCNC1C[C@@H](C)S(=O)(=O)c2sc(S(N)(=O)=O)cc21.Cl. The van der Waals surface area contributed by atoms with E-state index in [-0.39, 0.29) is 26.9 Å². The van der Waals surface area contributed by atoms with E-state index in [4.69, 9.17) is 5.14 Å². The van der Waals surface area contributed by atoms with E-state index in [1.54, 1.807) is 6.92 Å². The van der Waals surface area contributed by atoms with Crippen LogP contribution in [0.1, 0.15) is 31.9 Å². The molecule has 1 aliphatic rings. The summed E-state index contributed by atoms with van der Waals surface area (Å²) in [6, 6.07) is 1.23. The summed E-state index contributed by atoms with van der Waals surface area (Å²) in [6.07, 6.45) is 0.434. The highest BCUT2D eigenvalue weighted by Crippen LogP contribution is 2.42. The van der Waals surface area contributed by atoms with Gasteiger partial charge in [-0.25, -0.2) is 22.0 Å². The van der Waals surface area contributed by atoms with E-state index in [0.29, 0.717) is 18.5 Å². The number of thiophene rings is 1. The smallest absolute Gasteiger partial charge is 0.247 e. The molecule has 0 fully saturated rings. The van der Waals surface area contributed by atoms with Crippen molar-refractivity contribution in [3.05, 3.63) is 11.6 Å². The van der Waals surface area contributed by atoms with Gasteiger partial charge in [0.15, 0.2) is 9.84 Å². The van der Waals surface area contributed by atoms with Crippen LogP contribution in [0.3, 0.4) is 0 Å². The Morgan fingerprint density at radius 3 is 2.60 bits per heavy atom. The summed E-state index contributed by atoms with van der Waals surface area (Å²) >= 11 is 0.742. The molecule has 116 valence electrons. The van der Waals surface area contributed by atoms with Crippen LogP contribution >= 0.6 is 23.7 Å². The molecule has 3 N–H and O–H groups in total. The molecule has 1 aliphatic heterocycles. The summed E-state index contributed by atoms with van der Waals surface area (Å²) in [5.41, 5.74) is 0.522. The molecule has 0 radical (unpaired) electrons. The molecule has 0 amide bonds. The quantitative estimate of drug-likeness (QED) is 0.837. The van der Waals surface area contributed by atoms with E-state index in [2.05, 4.69) is 5.32 Å². The summed E-state index contributed by atoms with van der Waals surface area (Å²) in [5, 5.41) is 7.73. The lowest BCUT2D eigenvalue weighted by Gasteiger charge is -2.27. The summed E-state index contributed by atoms with van der Waals surface area (Å²) in [4.78, 5) is 0. The first-order valence-electron chi connectivity index (χ1n) is 5.81. The van der Waals surface area contributed by atoms with Gasteiger partial charge in [-0.15, -0.1) is 23.7 Å². The van der Waals surface area contributed by atoms with Gasteiger partial charge in [-0.2, -0.15) is 0 Å². The average Bonchev–Trinajstić information content (AvgIpc) is 2.72. The zero-order valence-electron chi connectivity index (χ0n) is 11.0. The van der Waals surface area contributed by atoms with Crippen LogP contribution in [0, 0.1) is 0 Å². The van der Waals surface area contributed by atoms with Crippen molar-refractivity contribution in [3.63, 3.8) is 0 Å². The second kappa shape index (κ2) is 5.90. The third kappa shape index (κ3) is 3.02. The van der Waals surface area contributed by atoms with Crippen LogP contribution < -0.4 is 10.5 Å². The molecule has 0 aromatic carbocycles. The lowest BCUT2D eigenvalue weighted by atomic mass is 10.1. The Balaban J connectivity index is 0.00000200. The summed E-state index contributed by atoms with van der Waals surface area (Å²) in [7, 11) is -7.33. The van der Waals surface area contributed by atoms with Crippen LogP contribution in [-0.4, -0.2) is 28.6 Å². The molecular weight excluding hydrogens is 344 g/mol. The number of halogens is 1. The fourth-order valence-corrected chi connectivity index (χ4v) is 6.60. The molecule has 2 atom stereocenters. The average molecular weight is 361 g/mol. The van der Waals surface area contributed by atoms with Gasteiger partial charge in [0.2, 0.25) is 10.0 Å². The minimum Gasteiger partial charge on any atom is -0.310 e. The molecule has 0 saturated carbocycles. The summed E-state index contributed by atoms with van der Waals surface area (Å²) in [6.45, 7) is 4.23. The molecule has 1 aromatic heterocycles. The number of fused-ring (bicyclic) bond motifs is 1. The highest BCUT2D eigenvalue weighted by Gasteiger charge is 2.39. The van der Waals surface area contributed by atoms with Crippen molar-refractivity contribution in [3.8, 4) is 0 Å². The molecule has 6 nitrogen and oxygen atoms in total. The lowest BCUT2D eigenvalue weighted by molar-refractivity contribution is 0.477. The van der Waals surface area contributed by atoms with Crippen LogP contribution in [0.2, 0.25) is 0 Å². The normalized spacial score (nSPS) is 24.8. The summed E-state index contributed by atoms with van der Waals surface area (Å²) < 4.78 is 47.3. The molecule has 20 heavy (non-hydrogen) atoms. The monoisotopic (exact) mass is 360 g/mol. The first-order valence-corrected chi connectivity index (χ1v) is 9.72. The lowest BCUT2D eigenvalue weighted by Crippen LogP contribution is -2.33. The van der Waals surface area contributed by atoms with Crippen molar-refractivity contribution in [2.24, 2.45) is 5.14 Å². The molecule has 10 heteroatoms. The second-order valence-electron chi connectivity index (χ2n) is 4.55. The Hall–Kier alpha value is -0.190. The van der Waals surface area contributed by atoms with Crippen LogP contribution in [0.15, 0.2) is 14.5 Å². The third-order valence-electron chi connectivity index (χ3n) is 3.16. The molecule has 0 bridgehead atoms.